The summed E-state index contributed by atoms with van der Waals surface area (Å²) in [7, 11) is 0. The standard InChI is InChI=1S/C12H14BrN3/c13-9-4-3-7-16-11(9)8-15-12(16)10-5-1-2-6-14-10/h3-4,7-8,10,14H,1-2,5-6H2. The van der Waals surface area contributed by atoms with Gasteiger partial charge in [0.25, 0.3) is 0 Å². The smallest absolute Gasteiger partial charge is 0.130 e. The molecule has 0 bridgehead atoms. The van der Waals surface area contributed by atoms with E-state index in [9.17, 15) is 0 Å². The van der Waals surface area contributed by atoms with Gasteiger partial charge >= 0.3 is 0 Å². The molecular weight excluding hydrogens is 266 g/mol. The van der Waals surface area contributed by atoms with Crippen LogP contribution in [0.5, 0.6) is 0 Å². The Morgan fingerprint density at radius 1 is 1.44 bits per heavy atom. The molecule has 16 heavy (non-hydrogen) atoms. The summed E-state index contributed by atoms with van der Waals surface area (Å²) in [5.41, 5.74) is 1.14. The SMILES string of the molecule is Brc1cccn2c(C3CCCCN3)ncc12. The second-order valence-electron chi connectivity index (χ2n) is 4.23. The maximum absolute atomic E-state index is 4.55. The van der Waals surface area contributed by atoms with Crippen LogP contribution in [-0.4, -0.2) is 15.9 Å². The molecule has 2 aromatic heterocycles. The average Bonchev–Trinajstić information content (AvgIpc) is 2.75. The zero-order chi connectivity index (χ0) is 11.0. The fourth-order valence-corrected chi connectivity index (χ4v) is 2.78. The number of imidazole rings is 1. The molecule has 0 amide bonds. The van der Waals surface area contributed by atoms with E-state index in [0.29, 0.717) is 6.04 Å². The minimum Gasteiger partial charge on any atom is -0.307 e. The number of nitrogens with one attached hydrogen (secondary N) is 1. The van der Waals surface area contributed by atoms with E-state index in [-0.39, 0.29) is 0 Å². The predicted molar refractivity (Wildman–Crippen MR) is 67.5 cm³/mol. The molecule has 3 rings (SSSR count). The van der Waals surface area contributed by atoms with Crippen molar-refractivity contribution in [3.05, 3.63) is 34.8 Å². The summed E-state index contributed by atoms with van der Waals surface area (Å²) < 4.78 is 3.28. The van der Waals surface area contributed by atoms with Crippen LogP contribution in [-0.2, 0) is 0 Å². The molecule has 0 aliphatic carbocycles. The molecule has 84 valence electrons. The minimum atomic E-state index is 0.408. The topological polar surface area (TPSA) is 29.3 Å². The summed E-state index contributed by atoms with van der Waals surface area (Å²) in [4.78, 5) is 4.55. The Hall–Kier alpha value is -0.870. The highest BCUT2D eigenvalue weighted by Crippen LogP contribution is 2.25. The molecule has 1 aliphatic rings. The van der Waals surface area contributed by atoms with E-state index in [1.165, 1.54) is 19.3 Å². The number of piperidine rings is 1. The van der Waals surface area contributed by atoms with Gasteiger partial charge in [-0.3, -0.25) is 0 Å². The van der Waals surface area contributed by atoms with Crippen molar-refractivity contribution in [1.29, 1.82) is 0 Å². The lowest BCUT2D eigenvalue weighted by atomic mass is 10.0. The number of hydrogen-bond donors (Lipinski definition) is 1. The minimum absolute atomic E-state index is 0.408. The Morgan fingerprint density at radius 3 is 3.19 bits per heavy atom. The molecule has 4 heteroatoms. The lowest BCUT2D eigenvalue weighted by molar-refractivity contribution is 0.396. The molecule has 1 unspecified atom stereocenters. The third-order valence-electron chi connectivity index (χ3n) is 3.17. The van der Waals surface area contributed by atoms with Gasteiger partial charge in [0.1, 0.15) is 5.82 Å². The van der Waals surface area contributed by atoms with Crippen molar-refractivity contribution in [2.24, 2.45) is 0 Å². The van der Waals surface area contributed by atoms with E-state index < -0.39 is 0 Å². The van der Waals surface area contributed by atoms with Gasteiger partial charge in [0, 0.05) is 10.7 Å². The Bertz CT molecular complexity index is 500. The Morgan fingerprint density at radius 2 is 2.38 bits per heavy atom. The molecule has 0 radical (unpaired) electrons. The molecule has 0 saturated carbocycles. The summed E-state index contributed by atoms with van der Waals surface area (Å²) >= 11 is 3.55. The van der Waals surface area contributed by atoms with Crippen molar-refractivity contribution in [1.82, 2.24) is 14.7 Å². The van der Waals surface area contributed by atoms with Gasteiger partial charge in [0.05, 0.1) is 17.8 Å². The quantitative estimate of drug-likeness (QED) is 0.870. The van der Waals surface area contributed by atoms with Gasteiger partial charge < -0.3 is 9.72 Å². The Kier molecular flexibility index (Phi) is 2.69. The van der Waals surface area contributed by atoms with Crippen molar-refractivity contribution < 1.29 is 0 Å². The van der Waals surface area contributed by atoms with Crippen LogP contribution in [0.25, 0.3) is 5.52 Å². The van der Waals surface area contributed by atoms with Crippen LogP contribution in [0.1, 0.15) is 31.1 Å². The van der Waals surface area contributed by atoms with Gasteiger partial charge in [0.2, 0.25) is 0 Å². The van der Waals surface area contributed by atoms with Crippen LogP contribution in [0.2, 0.25) is 0 Å². The van der Waals surface area contributed by atoms with E-state index in [1.54, 1.807) is 0 Å². The fraction of sp³-hybridized carbons (Fsp3) is 0.417. The zero-order valence-corrected chi connectivity index (χ0v) is 10.6. The van der Waals surface area contributed by atoms with Crippen LogP contribution < -0.4 is 5.32 Å². The number of pyridine rings is 1. The molecule has 1 saturated heterocycles. The first kappa shape index (κ1) is 10.3. The molecule has 3 heterocycles. The van der Waals surface area contributed by atoms with Crippen molar-refractivity contribution in [2.45, 2.75) is 25.3 Å². The Labute approximate surface area is 103 Å². The molecule has 1 fully saturated rings. The maximum atomic E-state index is 4.55. The highest BCUT2D eigenvalue weighted by molar-refractivity contribution is 9.10. The summed E-state index contributed by atoms with van der Waals surface area (Å²) in [5, 5.41) is 3.53. The van der Waals surface area contributed by atoms with Crippen LogP contribution in [0.4, 0.5) is 0 Å². The number of hydrogen-bond acceptors (Lipinski definition) is 2. The van der Waals surface area contributed by atoms with Gasteiger partial charge in [-0.1, -0.05) is 6.42 Å². The number of fused-ring (bicyclic) bond motifs is 1. The van der Waals surface area contributed by atoms with Gasteiger partial charge in [-0.2, -0.15) is 0 Å². The first-order valence-corrected chi connectivity index (χ1v) is 6.50. The molecule has 1 atom stereocenters. The van der Waals surface area contributed by atoms with E-state index in [0.717, 1.165) is 22.4 Å². The van der Waals surface area contributed by atoms with Crippen molar-refractivity contribution >= 4 is 21.4 Å². The van der Waals surface area contributed by atoms with Crippen LogP contribution in [0, 0.1) is 0 Å². The molecule has 1 N–H and O–H groups in total. The molecule has 0 spiro atoms. The summed E-state index contributed by atoms with van der Waals surface area (Å²) in [6, 6.07) is 4.51. The van der Waals surface area contributed by atoms with Crippen molar-refractivity contribution in [3.63, 3.8) is 0 Å². The summed E-state index contributed by atoms with van der Waals surface area (Å²) in [5.74, 6) is 1.14. The van der Waals surface area contributed by atoms with Crippen LogP contribution >= 0.6 is 15.9 Å². The lowest BCUT2D eigenvalue weighted by Crippen LogP contribution is -2.28. The highest BCUT2D eigenvalue weighted by Gasteiger charge is 2.19. The van der Waals surface area contributed by atoms with E-state index >= 15 is 0 Å². The molecule has 3 nitrogen and oxygen atoms in total. The monoisotopic (exact) mass is 279 g/mol. The summed E-state index contributed by atoms with van der Waals surface area (Å²) in [6.45, 7) is 1.10. The third kappa shape index (κ3) is 1.66. The number of aromatic nitrogens is 2. The molecule has 1 aliphatic heterocycles. The van der Waals surface area contributed by atoms with Gasteiger partial charge in [0.15, 0.2) is 0 Å². The van der Waals surface area contributed by atoms with Gasteiger partial charge in [-0.25, -0.2) is 4.98 Å². The number of halogens is 1. The van der Waals surface area contributed by atoms with E-state index in [4.69, 9.17) is 0 Å². The average molecular weight is 280 g/mol. The van der Waals surface area contributed by atoms with Crippen LogP contribution in [0.15, 0.2) is 29.0 Å². The second kappa shape index (κ2) is 4.18. The summed E-state index contributed by atoms with van der Waals surface area (Å²) in [6.07, 6.45) is 7.78. The van der Waals surface area contributed by atoms with Gasteiger partial charge in [-0.05, 0) is 47.4 Å². The lowest BCUT2D eigenvalue weighted by Gasteiger charge is -2.22. The molecule has 2 aromatic rings. The molecule has 0 aromatic carbocycles. The second-order valence-corrected chi connectivity index (χ2v) is 5.08. The third-order valence-corrected chi connectivity index (χ3v) is 3.84. The largest absolute Gasteiger partial charge is 0.307 e. The van der Waals surface area contributed by atoms with Crippen molar-refractivity contribution in [2.75, 3.05) is 6.54 Å². The van der Waals surface area contributed by atoms with E-state index in [1.807, 2.05) is 12.3 Å². The van der Waals surface area contributed by atoms with Crippen molar-refractivity contribution in [3.8, 4) is 0 Å². The first-order chi connectivity index (χ1) is 7.86. The zero-order valence-electron chi connectivity index (χ0n) is 8.99. The normalized spacial score (nSPS) is 21.4. The number of nitrogens with zero attached hydrogens (tertiary/aromatic N) is 2. The molecular formula is C12H14BrN3. The number of rotatable bonds is 1. The van der Waals surface area contributed by atoms with Gasteiger partial charge in [-0.15, -0.1) is 0 Å². The maximum Gasteiger partial charge on any atom is 0.130 e. The first-order valence-electron chi connectivity index (χ1n) is 5.71. The fourth-order valence-electron chi connectivity index (χ4n) is 2.34. The van der Waals surface area contributed by atoms with Crippen LogP contribution in [0.3, 0.4) is 0 Å². The predicted octanol–water partition coefficient (Wildman–Crippen LogP) is 2.91. The van der Waals surface area contributed by atoms with E-state index in [2.05, 4.69) is 42.9 Å². The highest BCUT2D eigenvalue weighted by atomic mass is 79.9. The Balaban J connectivity index is 2.06.